The number of hydrogen-bond donors (Lipinski definition) is 0. The van der Waals surface area contributed by atoms with Crippen molar-refractivity contribution in [2.45, 2.75) is 39.2 Å². The molecule has 11 heteroatoms. The van der Waals surface area contributed by atoms with Gasteiger partial charge < -0.3 is 28.7 Å². The first-order chi connectivity index (χ1) is 18.3. The van der Waals surface area contributed by atoms with E-state index in [-0.39, 0.29) is 24.2 Å². The molecule has 3 heterocycles. The number of likely N-dealkylation sites (tertiary alicyclic amines) is 1. The second-order valence-electron chi connectivity index (χ2n) is 9.05. The predicted octanol–water partition coefficient (Wildman–Crippen LogP) is 3.64. The van der Waals surface area contributed by atoms with Gasteiger partial charge in [-0.15, -0.1) is 0 Å². The fraction of sp³-hybridized carbons (Fsp3) is 0.481. The number of ether oxygens (including phenoxy) is 4. The number of para-hydroxylation sites is 1. The second kappa shape index (κ2) is 11.9. The molecule has 0 spiro atoms. The van der Waals surface area contributed by atoms with Crippen LogP contribution < -0.4 is 9.47 Å². The smallest absolute Gasteiger partial charge is 0.338 e. The van der Waals surface area contributed by atoms with E-state index in [0.717, 1.165) is 5.70 Å². The van der Waals surface area contributed by atoms with Crippen LogP contribution in [0.15, 0.2) is 45.6 Å². The summed E-state index contributed by atoms with van der Waals surface area (Å²) < 4.78 is 21.5. The van der Waals surface area contributed by atoms with Gasteiger partial charge in [0, 0.05) is 24.4 Å². The normalized spacial score (nSPS) is 19.4. The van der Waals surface area contributed by atoms with Crippen molar-refractivity contribution in [2.75, 3.05) is 41.0 Å². The van der Waals surface area contributed by atoms with Crippen LogP contribution in [0.1, 0.15) is 44.7 Å². The van der Waals surface area contributed by atoms with Gasteiger partial charge in [0.05, 0.1) is 57.6 Å². The third kappa shape index (κ3) is 5.24. The molecule has 10 nitrogen and oxygen atoms in total. The molecular weight excluding hydrogens is 510 g/mol. The number of rotatable bonds is 8. The molecule has 1 amide bonds. The van der Waals surface area contributed by atoms with Crippen molar-refractivity contribution in [3.05, 3.63) is 46.1 Å². The first-order valence-electron chi connectivity index (χ1n) is 12.5. The van der Waals surface area contributed by atoms with Crippen LogP contribution in [0.4, 0.5) is 0 Å². The lowest BCUT2D eigenvalue weighted by molar-refractivity contribution is -0.151. The van der Waals surface area contributed by atoms with Crippen LogP contribution in [0.5, 0.6) is 11.5 Å². The highest BCUT2D eigenvalue weighted by Crippen LogP contribution is 2.48. The molecule has 0 bridgehead atoms. The van der Waals surface area contributed by atoms with Crippen molar-refractivity contribution in [2.24, 2.45) is 10.9 Å². The van der Waals surface area contributed by atoms with Gasteiger partial charge in [-0.05, 0) is 38.2 Å². The Balaban J connectivity index is 1.62. The third-order valence-electron chi connectivity index (χ3n) is 6.93. The van der Waals surface area contributed by atoms with E-state index in [1.165, 1.54) is 18.9 Å². The summed E-state index contributed by atoms with van der Waals surface area (Å²) in [6, 6.07) is 4.85. The summed E-state index contributed by atoms with van der Waals surface area (Å²) in [6.07, 6.45) is 1.27. The number of amidine groups is 1. The van der Waals surface area contributed by atoms with Gasteiger partial charge in [0.2, 0.25) is 5.91 Å². The van der Waals surface area contributed by atoms with Crippen LogP contribution in [-0.4, -0.2) is 73.8 Å². The van der Waals surface area contributed by atoms with E-state index in [1.54, 1.807) is 39.0 Å². The molecule has 1 aromatic carbocycles. The van der Waals surface area contributed by atoms with Crippen LogP contribution in [0.3, 0.4) is 0 Å². The van der Waals surface area contributed by atoms with Gasteiger partial charge in [-0.3, -0.25) is 9.59 Å². The van der Waals surface area contributed by atoms with Crippen LogP contribution in [0.2, 0.25) is 0 Å². The summed E-state index contributed by atoms with van der Waals surface area (Å²) >= 11 is 1.40. The number of fused-ring (bicyclic) bond motifs is 1. The molecule has 1 aromatic rings. The maximum atomic E-state index is 13.4. The maximum Gasteiger partial charge on any atom is 0.338 e. The van der Waals surface area contributed by atoms with Crippen LogP contribution in [0, 0.1) is 5.92 Å². The molecule has 1 atom stereocenters. The minimum atomic E-state index is -0.636. The molecule has 1 fully saturated rings. The Labute approximate surface area is 226 Å². The number of carbonyl (C=O) groups excluding carboxylic acids is 3. The number of methoxy groups -OCH3 is 3. The number of amides is 1. The van der Waals surface area contributed by atoms with Gasteiger partial charge in [-0.25, -0.2) is 9.79 Å². The summed E-state index contributed by atoms with van der Waals surface area (Å²) in [5.41, 5.74) is 2.30. The molecule has 3 aliphatic heterocycles. The second-order valence-corrected chi connectivity index (χ2v) is 9.89. The van der Waals surface area contributed by atoms with E-state index in [2.05, 4.69) is 4.99 Å². The molecule has 0 aliphatic carbocycles. The van der Waals surface area contributed by atoms with E-state index < -0.39 is 12.0 Å². The molecule has 0 saturated carbocycles. The van der Waals surface area contributed by atoms with Gasteiger partial charge in [0.1, 0.15) is 0 Å². The number of carbonyl (C=O) groups is 3. The Morgan fingerprint density at radius 3 is 2.47 bits per heavy atom. The molecule has 4 rings (SSSR count). The molecule has 38 heavy (non-hydrogen) atoms. The average Bonchev–Trinajstić information content (AvgIpc) is 3.33. The fourth-order valence-electron chi connectivity index (χ4n) is 5.05. The summed E-state index contributed by atoms with van der Waals surface area (Å²) in [6.45, 7) is 4.89. The lowest BCUT2D eigenvalue weighted by Crippen LogP contribution is -2.42. The summed E-state index contributed by atoms with van der Waals surface area (Å²) in [5, 5.41) is 2.56. The van der Waals surface area contributed by atoms with Crippen molar-refractivity contribution in [1.29, 1.82) is 0 Å². The minimum absolute atomic E-state index is 0.0531. The lowest BCUT2D eigenvalue weighted by atomic mass is 9.92. The summed E-state index contributed by atoms with van der Waals surface area (Å²) in [5.74, 6) is 0.0670. The third-order valence-corrected chi connectivity index (χ3v) is 7.82. The van der Waals surface area contributed by atoms with Crippen molar-refractivity contribution >= 4 is 34.8 Å². The van der Waals surface area contributed by atoms with E-state index in [4.69, 9.17) is 18.9 Å². The van der Waals surface area contributed by atoms with Crippen molar-refractivity contribution < 1.29 is 33.3 Å². The minimum Gasteiger partial charge on any atom is -0.493 e. The zero-order valence-electron chi connectivity index (χ0n) is 22.3. The van der Waals surface area contributed by atoms with E-state index >= 15 is 0 Å². The molecule has 1 unspecified atom stereocenters. The first kappa shape index (κ1) is 27.6. The van der Waals surface area contributed by atoms with Crippen LogP contribution in [-0.2, 0) is 23.9 Å². The Morgan fingerprint density at radius 2 is 1.84 bits per heavy atom. The van der Waals surface area contributed by atoms with Crippen LogP contribution in [0.25, 0.3) is 0 Å². The van der Waals surface area contributed by atoms with Crippen molar-refractivity contribution in [1.82, 2.24) is 9.80 Å². The fourth-order valence-corrected chi connectivity index (χ4v) is 6.02. The number of thioether (sulfide) groups is 1. The maximum absolute atomic E-state index is 13.4. The average molecular weight is 544 g/mol. The first-order valence-corrected chi connectivity index (χ1v) is 13.4. The van der Waals surface area contributed by atoms with Gasteiger partial charge in [0.25, 0.3) is 0 Å². The molecule has 204 valence electrons. The van der Waals surface area contributed by atoms with Gasteiger partial charge in [-0.2, -0.15) is 0 Å². The highest BCUT2D eigenvalue weighted by molar-refractivity contribution is 8.16. The van der Waals surface area contributed by atoms with Crippen LogP contribution >= 0.6 is 11.8 Å². The summed E-state index contributed by atoms with van der Waals surface area (Å²) in [7, 11) is 4.44. The topological polar surface area (TPSA) is 107 Å². The highest BCUT2D eigenvalue weighted by atomic mass is 32.2. The van der Waals surface area contributed by atoms with Gasteiger partial charge >= 0.3 is 11.9 Å². The quantitative estimate of drug-likeness (QED) is 0.454. The largest absolute Gasteiger partial charge is 0.493 e. The number of benzene rings is 1. The Morgan fingerprint density at radius 1 is 1.11 bits per heavy atom. The van der Waals surface area contributed by atoms with Gasteiger partial charge in [-0.1, -0.05) is 23.9 Å². The summed E-state index contributed by atoms with van der Waals surface area (Å²) in [4.78, 5) is 46.9. The highest BCUT2D eigenvalue weighted by Gasteiger charge is 2.43. The standard InChI is InChI=1S/C27H33N3O7S/c1-6-37-25(32)17-10-12-29(13-11-17)21(31)14-18-15-38-27-28-16(2)22(26(33)36-5)23(30(18)27)19-8-7-9-20(34-3)24(19)35-4/h7-9,15,17,23H,6,10-14H2,1-5H3. The SMILES string of the molecule is CCOC(=O)C1CCN(C(=O)CC2=CSC3=NC(C)=C(C(=O)OC)C(c4cccc(OC)c4OC)N23)CC1. The van der Waals surface area contributed by atoms with Gasteiger partial charge in [0.15, 0.2) is 16.7 Å². The number of esters is 2. The zero-order chi connectivity index (χ0) is 27.4. The van der Waals surface area contributed by atoms with E-state index in [0.29, 0.717) is 66.0 Å². The number of allylic oxidation sites excluding steroid dienone is 1. The van der Waals surface area contributed by atoms with Crippen molar-refractivity contribution in [3.8, 4) is 11.5 Å². The Hall–Kier alpha value is -3.47. The van der Waals surface area contributed by atoms with E-state index in [9.17, 15) is 14.4 Å². The number of nitrogens with zero attached hydrogens (tertiary/aromatic N) is 3. The Bertz CT molecular complexity index is 1200. The Kier molecular flexibility index (Phi) is 8.65. The number of hydrogen-bond acceptors (Lipinski definition) is 10. The lowest BCUT2D eigenvalue weighted by Gasteiger charge is -2.37. The number of piperidine rings is 1. The predicted molar refractivity (Wildman–Crippen MR) is 143 cm³/mol. The zero-order valence-corrected chi connectivity index (χ0v) is 23.1. The molecule has 3 aliphatic rings. The molecule has 0 N–H and O–H groups in total. The van der Waals surface area contributed by atoms with Crippen molar-refractivity contribution in [3.63, 3.8) is 0 Å². The number of aliphatic imine (C=N–C) groups is 1. The van der Waals surface area contributed by atoms with E-state index in [1.807, 2.05) is 22.4 Å². The molecule has 0 aromatic heterocycles. The monoisotopic (exact) mass is 543 g/mol. The molecule has 1 saturated heterocycles. The molecule has 0 radical (unpaired) electrons. The molecular formula is C27H33N3O7S.